The molecule has 0 bridgehead atoms. The van der Waals surface area contributed by atoms with Crippen molar-refractivity contribution in [3.63, 3.8) is 0 Å². The number of piperazine rings is 1. The molecule has 0 atom stereocenters. The molecule has 1 N–H and O–H groups in total. The number of thiazole rings is 1. The summed E-state index contributed by atoms with van der Waals surface area (Å²) in [7, 11) is 0. The van der Waals surface area contributed by atoms with E-state index in [0.29, 0.717) is 12.5 Å². The zero-order valence-electron chi connectivity index (χ0n) is 15.4. The Morgan fingerprint density at radius 3 is 2.74 bits per heavy atom. The van der Waals surface area contributed by atoms with Crippen LogP contribution in [0.25, 0.3) is 0 Å². The number of rotatable bonds is 7. The zero-order chi connectivity index (χ0) is 18.6. The lowest BCUT2D eigenvalue weighted by atomic mass is 10.2. The molecule has 144 valence electrons. The molecule has 27 heavy (non-hydrogen) atoms. The number of carbonyl (C=O) groups excluding carboxylic acids is 1. The lowest BCUT2D eigenvalue weighted by molar-refractivity contribution is 0.0955. The highest BCUT2D eigenvalue weighted by atomic mass is 35.5. The van der Waals surface area contributed by atoms with Gasteiger partial charge in [-0.3, -0.25) is 9.69 Å². The summed E-state index contributed by atoms with van der Waals surface area (Å²) in [5.74, 6) is 0.629. The minimum atomic E-state index is 0.0166. The fourth-order valence-electron chi connectivity index (χ4n) is 3.42. The second kappa shape index (κ2) is 8.59. The van der Waals surface area contributed by atoms with Crippen molar-refractivity contribution < 1.29 is 4.79 Å². The molecule has 1 amide bonds. The summed E-state index contributed by atoms with van der Waals surface area (Å²) in [6, 6.07) is 8.03. The number of hydrogen-bond acceptors (Lipinski definition) is 5. The van der Waals surface area contributed by atoms with E-state index in [9.17, 15) is 4.79 Å². The number of halogens is 1. The van der Waals surface area contributed by atoms with E-state index in [1.807, 2.05) is 18.2 Å². The van der Waals surface area contributed by atoms with Crippen molar-refractivity contribution in [3.05, 3.63) is 45.4 Å². The number of amides is 1. The van der Waals surface area contributed by atoms with Gasteiger partial charge in [0.1, 0.15) is 4.88 Å². The van der Waals surface area contributed by atoms with Crippen LogP contribution in [0, 0.1) is 0 Å². The Hall–Kier alpha value is -1.63. The van der Waals surface area contributed by atoms with Gasteiger partial charge in [-0.05, 0) is 37.9 Å². The molecule has 0 unspecified atom stereocenters. The van der Waals surface area contributed by atoms with E-state index in [4.69, 9.17) is 11.6 Å². The van der Waals surface area contributed by atoms with Crippen molar-refractivity contribution in [2.45, 2.75) is 25.2 Å². The minimum absolute atomic E-state index is 0.0166. The molecule has 2 aliphatic rings. The molecule has 0 spiro atoms. The quantitative estimate of drug-likeness (QED) is 0.716. The standard InChI is InChI=1S/C20H25ClN4OS/c21-16-4-1-2-5-17(16)25-12-10-24(11-13-25)9-3-8-22-19(26)18-14-23-20(27-18)15-6-7-15/h1-2,4-5,14-15H,3,6-13H2,(H,22,26). The smallest absolute Gasteiger partial charge is 0.263 e. The van der Waals surface area contributed by atoms with Crippen molar-refractivity contribution >= 4 is 34.5 Å². The second-order valence-corrected chi connectivity index (χ2v) is 8.70. The van der Waals surface area contributed by atoms with Crippen LogP contribution in [-0.2, 0) is 0 Å². The van der Waals surface area contributed by atoms with Crippen LogP contribution in [0.4, 0.5) is 5.69 Å². The van der Waals surface area contributed by atoms with Crippen molar-refractivity contribution in [2.24, 2.45) is 0 Å². The Morgan fingerprint density at radius 1 is 1.22 bits per heavy atom. The molecule has 1 aliphatic heterocycles. The highest BCUT2D eigenvalue weighted by molar-refractivity contribution is 7.13. The number of carbonyl (C=O) groups is 1. The van der Waals surface area contributed by atoms with Crippen LogP contribution in [0.1, 0.15) is 39.9 Å². The number of anilines is 1. The lowest BCUT2D eigenvalue weighted by Gasteiger charge is -2.36. The maximum Gasteiger partial charge on any atom is 0.263 e. The highest BCUT2D eigenvalue weighted by Crippen LogP contribution is 2.41. The minimum Gasteiger partial charge on any atom is -0.368 e. The fraction of sp³-hybridized carbons (Fsp3) is 0.500. The zero-order valence-corrected chi connectivity index (χ0v) is 16.9. The summed E-state index contributed by atoms with van der Waals surface area (Å²) < 4.78 is 0. The Kier molecular flexibility index (Phi) is 5.95. The van der Waals surface area contributed by atoms with Gasteiger partial charge in [0, 0.05) is 38.6 Å². The molecule has 0 radical (unpaired) electrons. The van der Waals surface area contributed by atoms with Gasteiger partial charge in [0.25, 0.3) is 5.91 Å². The average Bonchev–Trinajstić information content (AvgIpc) is 3.43. The van der Waals surface area contributed by atoms with Gasteiger partial charge in [0.15, 0.2) is 0 Å². The summed E-state index contributed by atoms with van der Waals surface area (Å²) in [4.78, 5) is 22.1. The van der Waals surface area contributed by atoms with Crippen LogP contribution in [-0.4, -0.2) is 55.1 Å². The summed E-state index contributed by atoms with van der Waals surface area (Å²) in [6.07, 6.45) is 5.13. The van der Waals surface area contributed by atoms with Crippen molar-refractivity contribution in [1.29, 1.82) is 0 Å². The molecule has 1 aromatic heterocycles. The summed E-state index contributed by atoms with van der Waals surface area (Å²) in [5, 5.41) is 4.97. The number of para-hydroxylation sites is 1. The molecule has 1 aromatic carbocycles. The normalized spacial score (nSPS) is 17.9. The first kappa shape index (κ1) is 18.7. The van der Waals surface area contributed by atoms with Gasteiger partial charge in [-0.1, -0.05) is 23.7 Å². The Bertz CT molecular complexity index is 784. The van der Waals surface area contributed by atoms with Gasteiger partial charge in [-0.2, -0.15) is 0 Å². The topological polar surface area (TPSA) is 48.5 Å². The van der Waals surface area contributed by atoms with Crippen LogP contribution < -0.4 is 10.2 Å². The maximum atomic E-state index is 12.2. The molecule has 1 aliphatic carbocycles. The molecular formula is C20H25ClN4OS. The number of benzene rings is 1. The first-order chi connectivity index (χ1) is 13.2. The maximum absolute atomic E-state index is 12.2. The van der Waals surface area contributed by atoms with E-state index in [2.05, 4.69) is 26.2 Å². The highest BCUT2D eigenvalue weighted by Gasteiger charge is 2.27. The molecule has 2 aromatic rings. The predicted molar refractivity (Wildman–Crippen MR) is 111 cm³/mol. The van der Waals surface area contributed by atoms with Crippen LogP contribution in [0.2, 0.25) is 5.02 Å². The number of aromatic nitrogens is 1. The van der Waals surface area contributed by atoms with Crippen LogP contribution in [0.15, 0.2) is 30.5 Å². The van der Waals surface area contributed by atoms with Crippen LogP contribution in [0.5, 0.6) is 0 Å². The van der Waals surface area contributed by atoms with Gasteiger partial charge in [0.05, 0.1) is 21.9 Å². The van der Waals surface area contributed by atoms with Gasteiger partial charge < -0.3 is 10.2 Å². The van der Waals surface area contributed by atoms with E-state index in [1.54, 1.807) is 17.5 Å². The van der Waals surface area contributed by atoms with Crippen LogP contribution >= 0.6 is 22.9 Å². The first-order valence-corrected chi connectivity index (χ1v) is 10.9. The fourth-order valence-corrected chi connectivity index (χ4v) is 4.68. The molecule has 1 saturated heterocycles. The largest absolute Gasteiger partial charge is 0.368 e. The van der Waals surface area contributed by atoms with E-state index in [0.717, 1.165) is 59.7 Å². The third-order valence-corrected chi connectivity index (χ3v) is 6.65. The predicted octanol–water partition coefficient (Wildman–Crippen LogP) is 3.62. The summed E-state index contributed by atoms with van der Waals surface area (Å²) in [6.45, 7) is 5.74. The van der Waals surface area contributed by atoms with Crippen molar-refractivity contribution in [1.82, 2.24) is 15.2 Å². The second-order valence-electron chi connectivity index (χ2n) is 7.23. The first-order valence-electron chi connectivity index (χ1n) is 9.66. The summed E-state index contributed by atoms with van der Waals surface area (Å²) in [5.41, 5.74) is 1.13. The molecule has 2 heterocycles. The number of hydrogen-bond donors (Lipinski definition) is 1. The monoisotopic (exact) mass is 404 g/mol. The van der Waals surface area contributed by atoms with Crippen LogP contribution in [0.3, 0.4) is 0 Å². The van der Waals surface area contributed by atoms with E-state index < -0.39 is 0 Å². The van der Waals surface area contributed by atoms with E-state index >= 15 is 0 Å². The number of nitrogens with one attached hydrogen (secondary N) is 1. The molecule has 5 nitrogen and oxygen atoms in total. The third-order valence-electron chi connectivity index (χ3n) is 5.18. The van der Waals surface area contributed by atoms with Gasteiger partial charge >= 0.3 is 0 Å². The van der Waals surface area contributed by atoms with E-state index in [1.165, 1.54) is 12.8 Å². The Morgan fingerprint density at radius 2 is 2.00 bits per heavy atom. The van der Waals surface area contributed by atoms with Gasteiger partial charge in [-0.15, -0.1) is 11.3 Å². The molecule has 7 heteroatoms. The molecule has 4 rings (SSSR count). The van der Waals surface area contributed by atoms with E-state index in [-0.39, 0.29) is 5.91 Å². The average molecular weight is 405 g/mol. The summed E-state index contributed by atoms with van der Waals surface area (Å²) >= 11 is 7.85. The van der Waals surface area contributed by atoms with Gasteiger partial charge in [0.2, 0.25) is 0 Å². The third kappa shape index (κ3) is 4.81. The Balaban J connectivity index is 1.15. The molecule has 2 fully saturated rings. The molecular weight excluding hydrogens is 380 g/mol. The molecule has 1 saturated carbocycles. The SMILES string of the molecule is O=C(NCCCN1CCN(c2ccccc2Cl)CC1)c1cnc(C2CC2)s1. The lowest BCUT2D eigenvalue weighted by Crippen LogP contribution is -2.47. The van der Waals surface area contributed by atoms with Crippen molar-refractivity contribution in [3.8, 4) is 0 Å². The number of nitrogens with zero attached hydrogens (tertiary/aromatic N) is 3. The Labute approximate surface area is 169 Å². The van der Waals surface area contributed by atoms with Crippen molar-refractivity contribution in [2.75, 3.05) is 44.2 Å². The van der Waals surface area contributed by atoms with Gasteiger partial charge in [-0.25, -0.2) is 4.98 Å².